The molecule has 2 rings (SSSR count). The Morgan fingerprint density at radius 1 is 1.10 bits per heavy atom. The number of likely N-dealkylation sites (tertiary alicyclic amines) is 1. The molecule has 0 bridgehead atoms. The third-order valence-electron chi connectivity index (χ3n) is 4.93. The van der Waals surface area contributed by atoms with Gasteiger partial charge >= 0.3 is 0 Å². The molecular formula is C19H32N2. The molecule has 0 radical (unpaired) electrons. The van der Waals surface area contributed by atoms with Crippen molar-refractivity contribution in [1.29, 1.82) is 0 Å². The van der Waals surface area contributed by atoms with Crippen LogP contribution in [0.4, 0.5) is 0 Å². The van der Waals surface area contributed by atoms with Gasteiger partial charge in [-0.2, -0.15) is 0 Å². The standard InChI is InChI=1S/C19H32N2/c1-4-11-20-12-9-18-7-5-6-8-19(18)15-21-13-10-16(2)17(3)14-21/h5-8,16-17,20H,4,9-15H2,1-3H3. The molecule has 2 nitrogen and oxygen atoms in total. The molecule has 1 fully saturated rings. The van der Waals surface area contributed by atoms with E-state index in [2.05, 4.69) is 55.3 Å². The van der Waals surface area contributed by atoms with E-state index >= 15 is 0 Å². The predicted molar refractivity (Wildman–Crippen MR) is 91.5 cm³/mol. The van der Waals surface area contributed by atoms with E-state index in [9.17, 15) is 0 Å². The SMILES string of the molecule is CCCNCCc1ccccc1CN1CCC(C)C(C)C1. The molecule has 1 saturated heterocycles. The van der Waals surface area contributed by atoms with E-state index in [0.717, 1.165) is 37.9 Å². The summed E-state index contributed by atoms with van der Waals surface area (Å²) in [6.07, 6.45) is 3.71. The van der Waals surface area contributed by atoms with Crippen molar-refractivity contribution >= 4 is 0 Å². The minimum absolute atomic E-state index is 0.831. The fourth-order valence-electron chi connectivity index (χ4n) is 3.21. The van der Waals surface area contributed by atoms with Gasteiger partial charge < -0.3 is 5.32 Å². The summed E-state index contributed by atoms with van der Waals surface area (Å²) in [4.78, 5) is 2.64. The summed E-state index contributed by atoms with van der Waals surface area (Å²) in [7, 11) is 0. The first-order valence-electron chi connectivity index (χ1n) is 8.70. The number of hydrogen-bond donors (Lipinski definition) is 1. The lowest BCUT2D eigenvalue weighted by Gasteiger charge is -2.35. The summed E-state index contributed by atoms with van der Waals surface area (Å²) in [5.41, 5.74) is 3.05. The molecule has 2 atom stereocenters. The van der Waals surface area contributed by atoms with Crippen molar-refractivity contribution in [3.63, 3.8) is 0 Å². The fraction of sp³-hybridized carbons (Fsp3) is 0.684. The zero-order valence-electron chi connectivity index (χ0n) is 14.1. The maximum atomic E-state index is 3.51. The third-order valence-corrected chi connectivity index (χ3v) is 4.93. The monoisotopic (exact) mass is 288 g/mol. The van der Waals surface area contributed by atoms with Gasteiger partial charge in [0.2, 0.25) is 0 Å². The Morgan fingerprint density at radius 2 is 1.86 bits per heavy atom. The van der Waals surface area contributed by atoms with E-state index in [4.69, 9.17) is 0 Å². The highest BCUT2D eigenvalue weighted by Crippen LogP contribution is 2.24. The molecule has 0 spiro atoms. The number of hydrogen-bond acceptors (Lipinski definition) is 2. The van der Waals surface area contributed by atoms with Crippen molar-refractivity contribution in [2.75, 3.05) is 26.2 Å². The maximum absolute atomic E-state index is 3.51. The molecule has 21 heavy (non-hydrogen) atoms. The van der Waals surface area contributed by atoms with E-state index < -0.39 is 0 Å². The zero-order valence-corrected chi connectivity index (χ0v) is 14.1. The quantitative estimate of drug-likeness (QED) is 0.770. The van der Waals surface area contributed by atoms with E-state index in [1.54, 1.807) is 0 Å². The van der Waals surface area contributed by atoms with Gasteiger partial charge in [-0.05, 0) is 61.9 Å². The third kappa shape index (κ3) is 5.12. The Balaban J connectivity index is 1.90. The molecule has 1 heterocycles. The van der Waals surface area contributed by atoms with Gasteiger partial charge in [0, 0.05) is 13.1 Å². The van der Waals surface area contributed by atoms with Crippen LogP contribution in [0.3, 0.4) is 0 Å². The molecule has 0 aromatic heterocycles. The molecule has 118 valence electrons. The topological polar surface area (TPSA) is 15.3 Å². The second kappa shape index (κ2) is 8.55. The van der Waals surface area contributed by atoms with Crippen LogP contribution in [0.2, 0.25) is 0 Å². The first-order chi connectivity index (χ1) is 10.2. The van der Waals surface area contributed by atoms with E-state index in [-0.39, 0.29) is 0 Å². The largest absolute Gasteiger partial charge is 0.316 e. The maximum Gasteiger partial charge on any atom is 0.0236 e. The molecule has 0 saturated carbocycles. The predicted octanol–water partition coefficient (Wildman–Crippen LogP) is 3.71. The summed E-state index contributed by atoms with van der Waals surface area (Å²) >= 11 is 0. The van der Waals surface area contributed by atoms with Gasteiger partial charge in [-0.15, -0.1) is 0 Å². The minimum atomic E-state index is 0.831. The first kappa shape index (κ1) is 16.5. The van der Waals surface area contributed by atoms with Crippen molar-refractivity contribution < 1.29 is 0 Å². The van der Waals surface area contributed by atoms with Crippen LogP contribution in [0.1, 0.15) is 44.7 Å². The second-order valence-corrected chi connectivity index (χ2v) is 6.75. The lowest BCUT2D eigenvalue weighted by molar-refractivity contribution is 0.132. The van der Waals surface area contributed by atoms with Crippen molar-refractivity contribution in [3.8, 4) is 0 Å². The smallest absolute Gasteiger partial charge is 0.0236 e. The number of nitrogens with one attached hydrogen (secondary N) is 1. The van der Waals surface area contributed by atoms with Crippen molar-refractivity contribution in [2.24, 2.45) is 11.8 Å². The Bertz CT molecular complexity index is 416. The average Bonchev–Trinajstić information content (AvgIpc) is 2.49. The lowest BCUT2D eigenvalue weighted by Crippen LogP contribution is -2.38. The molecule has 1 aliphatic rings. The van der Waals surface area contributed by atoms with Gasteiger partial charge in [0.15, 0.2) is 0 Å². The molecule has 0 aliphatic carbocycles. The Hall–Kier alpha value is -0.860. The van der Waals surface area contributed by atoms with Crippen molar-refractivity contribution in [1.82, 2.24) is 10.2 Å². The number of nitrogens with zero attached hydrogens (tertiary/aromatic N) is 1. The molecule has 0 amide bonds. The van der Waals surface area contributed by atoms with E-state index in [1.807, 2.05) is 0 Å². The van der Waals surface area contributed by atoms with Crippen LogP contribution < -0.4 is 5.32 Å². The van der Waals surface area contributed by atoms with Gasteiger partial charge in [0.25, 0.3) is 0 Å². The Labute approximate surface area is 130 Å². The molecular weight excluding hydrogens is 256 g/mol. The molecule has 1 aliphatic heterocycles. The van der Waals surface area contributed by atoms with Gasteiger partial charge in [0.05, 0.1) is 0 Å². The average molecular weight is 288 g/mol. The van der Waals surface area contributed by atoms with E-state index in [1.165, 1.54) is 37.1 Å². The summed E-state index contributed by atoms with van der Waals surface area (Å²) in [5, 5.41) is 3.51. The van der Waals surface area contributed by atoms with Gasteiger partial charge in [-0.3, -0.25) is 4.90 Å². The van der Waals surface area contributed by atoms with Crippen LogP contribution in [-0.2, 0) is 13.0 Å². The summed E-state index contributed by atoms with van der Waals surface area (Å²) in [6, 6.07) is 8.99. The minimum Gasteiger partial charge on any atom is -0.316 e. The van der Waals surface area contributed by atoms with Crippen LogP contribution in [0.5, 0.6) is 0 Å². The Kier molecular flexibility index (Phi) is 6.72. The molecule has 1 aromatic carbocycles. The van der Waals surface area contributed by atoms with Crippen LogP contribution in [0.15, 0.2) is 24.3 Å². The van der Waals surface area contributed by atoms with Gasteiger partial charge in [-0.25, -0.2) is 0 Å². The van der Waals surface area contributed by atoms with Crippen molar-refractivity contribution in [2.45, 2.75) is 46.6 Å². The van der Waals surface area contributed by atoms with Gasteiger partial charge in [0.1, 0.15) is 0 Å². The van der Waals surface area contributed by atoms with Crippen LogP contribution in [0, 0.1) is 11.8 Å². The molecule has 2 unspecified atom stereocenters. The summed E-state index contributed by atoms with van der Waals surface area (Å²) in [6.45, 7) is 12.9. The van der Waals surface area contributed by atoms with Gasteiger partial charge in [-0.1, -0.05) is 45.0 Å². The number of piperidine rings is 1. The summed E-state index contributed by atoms with van der Waals surface area (Å²) in [5.74, 6) is 1.71. The zero-order chi connectivity index (χ0) is 15.1. The number of benzene rings is 1. The Morgan fingerprint density at radius 3 is 2.57 bits per heavy atom. The second-order valence-electron chi connectivity index (χ2n) is 6.75. The van der Waals surface area contributed by atoms with E-state index in [0.29, 0.717) is 0 Å². The molecule has 2 heteroatoms. The van der Waals surface area contributed by atoms with Crippen molar-refractivity contribution in [3.05, 3.63) is 35.4 Å². The highest BCUT2D eigenvalue weighted by atomic mass is 15.1. The van der Waals surface area contributed by atoms with Crippen LogP contribution >= 0.6 is 0 Å². The normalized spacial score (nSPS) is 23.4. The highest BCUT2D eigenvalue weighted by Gasteiger charge is 2.22. The lowest BCUT2D eigenvalue weighted by atomic mass is 9.88. The highest BCUT2D eigenvalue weighted by molar-refractivity contribution is 5.27. The first-order valence-corrected chi connectivity index (χ1v) is 8.70. The van der Waals surface area contributed by atoms with Crippen LogP contribution in [0.25, 0.3) is 0 Å². The fourth-order valence-corrected chi connectivity index (χ4v) is 3.21. The summed E-state index contributed by atoms with van der Waals surface area (Å²) < 4.78 is 0. The molecule has 1 N–H and O–H groups in total. The number of rotatable bonds is 7. The molecule has 1 aromatic rings. The van der Waals surface area contributed by atoms with Crippen LogP contribution in [-0.4, -0.2) is 31.1 Å².